The molecule has 24 heavy (non-hydrogen) atoms. The molecule has 1 atom stereocenters. The van der Waals surface area contributed by atoms with E-state index in [0.29, 0.717) is 33.9 Å². The quantitative estimate of drug-likeness (QED) is 0.680. The second-order valence-corrected chi connectivity index (χ2v) is 6.23. The molecular weight excluding hydrogens is 352 g/mol. The normalized spacial score (nSPS) is 12.5. The maximum atomic E-state index is 13.6. The molecule has 0 bridgehead atoms. The van der Waals surface area contributed by atoms with Gasteiger partial charge in [0.25, 0.3) is 5.56 Å². The van der Waals surface area contributed by atoms with Crippen LogP contribution in [-0.4, -0.2) is 9.97 Å². The van der Waals surface area contributed by atoms with E-state index in [1.807, 2.05) is 13.0 Å². The maximum absolute atomic E-state index is 13.6. The third kappa shape index (κ3) is 3.43. The summed E-state index contributed by atoms with van der Waals surface area (Å²) >= 11 is 11.8. The zero-order valence-electron chi connectivity index (χ0n) is 12.7. The zero-order valence-corrected chi connectivity index (χ0v) is 14.2. The average molecular weight is 366 g/mol. The van der Waals surface area contributed by atoms with Gasteiger partial charge in [-0.05, 0) is 36.8 Å². The number of benzene rings is 2. The van der Waals surface area contributed by atoms with E-state index in [2.05, 4.69) is 15.3 Å². The van der Waals surface area contributed by atoms with Crippen LogP contribution in [0.2, 0.25) is 10.0 Å². The second kappa shape index (κ2) is 6.89. The number of aromatic amines is 1. The van der Waals surface area contributed by atoms with Crippen molar-refractivity contribution < 1.29 is 4.39 Å². The fraction of sp³-hybridized carbons (Fsp3) is 0.176. The molecular formula is C17H14Cl2FN3O. The van der Waals surface area contributed by atoms with Gasteiger partial charge >= 0.3 is 0 Å². The lowest BCUT2D eigenvalue weighted by Gasteiger charge is -2.16. The van der Waals surface area contributed by atoms with E-state index in [-0.39, 0.29) is 16.6 Å². The van der Waals surface area contributed by atoms with Crippen molar-refractivity contribution in [3.63, 3.8) is 0 Å². The van der Waals surface area contributed by atoms with Crippen molar-refractivity contribution in [3.05, 3.63) is 74.0 Å². The maximum Gasteiger partial charge on any atom is 0.258 e. The Labute approximate surface area is 147 Å². The van der Waals surface area contributed by atoms with Crippen LogP contribution in [0.15, 0.2) is 41.2 Å². The van der Waals surface area contributed by atoms with Gasteiger partial charge < -0.3 is 10.3 Å². The van der Waals surface area contributed by atoms with Crippen LogP contribution in [0.4, 0.5) is 4.39 Å². The molecule has 4 nitrogen and oxygen atoms in total. The van der Waals surface area contributed by atoms with Gasteiger partial charge in [0.1, 0.15) is 11.6 Å². The fourth-order valence-electron chi connectivity index (χ4n) is 2.45. The number of aromatic nitrogens is 2. The van der Waals surface area contributed by atoms with Crippen molar-refractivity contribution in [2.45, 2.75) is 19.5 Å². The number of nitrogens with one attached hydrogen (secondary N) is 2. The first-order valence-electron chi connectivity index (χ1n) is 7.31. The van der Waals surface area contributed by atoms with E-state index in [4.69, 9.17) is 23.2 Å². The summed E-state index contributed by atoms with van der Waals surface area (Å²) in [5.74, 6) is -0.0296. The summed E-state index contributed by atoms with van der Waals surface area (Å²) in [5.41, 5.74) is 1.02. The van der Waals surface area contributed by atoms with Crippen molar-refractivity contribution >= 4 is 34.1 Å². The number of rotatable bonds is 4. The van der Waals surface area contributed by atoms with Crippen molar-refractivity contribution in [2.24, 2.45) is 0 Å². The summed E-state index contributed by atoms with van der Waals surface area (Å²) in [4.78, 5) is 19.2. The minimum Gasteiger partial charge on any atom is -0.309 e. The highest BCUT2D eigenvalue weighted by Crippen LogP contribution is 2.28. The van der Waals surface area contributed by atoms with E-state index >= 15 is 0 Å². The molecule has 0 aliphatic carbocycles. The summed E-state index contributed by atoms with van der Waals surface area (Å²) in [7, 11) is 0. The Morgan fingerprint density at radius 1 is 1.25 bits per heavy atom. The first-order valence-corrected chi connectivity index (χ1v) is 8.07. The summed E-state index contributed by atoms with van der Waals surface area (Å²) in [6.07, 6.45) is 0. The van der Waals surface area contributed by atoms with E-state index in [9.17, 15) is 9.18 Å². The summed E-state index contributed by atoms with van der Waals surface area (Å²) in [6, 6.07) is 9.55. The lowest BCUT2D eigenvalue weighted by molar-refractivity contribution is 0.552. The Hall–Kier alpha value is -1.95. The highest BCUT2D eigenvalue weighted by Gasteiger charge is 2.14. The Morgan fingerprint density at radius 2 is 2.00 bits per heavy atom. The summed E-state index contributed by atoms with van der Waals surface area (Å²) < 4.78 is 13.6. The van der Waals surface area contributed by atoms with Crippen LogP contribution < -0.4 is 10.9 Å². The smallest absolute Gasteiger partial charge is 0.258 e. The predicted molar refractivity (Wildman–Crippen MR) is 94.0 cm³/mol. The van der Waals surface area contributed by atoms with Crippen LogP contribution in [0.1, 0.15) is 24.4 Å². The van der Waals surface area contributed by atoms with E-state index in [1.165, 1.54) is 12.1 Å². The van der Waals surface area contributed by atoms with Crippen LogP contribution in [0.3, 0.4) is 0 Å². The lowest BCUT2D eigenvalue weighted by atomic mass is 10.1. The molecule has 1 aromatic heterocycles. The van der Waals surface area contributed by atoms with Gasteiger partial charge in [0.05, 0.1) is 22.5 Å². The number of hydrogen-bond acceptors (Lipinski definition) is 3. The molecule has 3 aromatic rings. The van der Waals surface area contributed by atoms with Crippen LogP contribution in [0, 0.1) is 5.82 Å². The van der Waals surface area contributed by atoms with Gasteiger partial charge in [-0.1, -0.05) is 35.3 Å². The Balaban J connectivity index is 1.81. The second-order valence-electron chi connectivity index (χ2n) is 5.42. The van der Waals surface area contributed by atoms with Crippen molar-refractivity contribution in [2.75, 3.05) is 0 Å². The standard InChI is InChI=1S/C17H14Cl2FN3O/c1-9(11-6-14(20)13(19)7-12(11)18)21-8-16-22-15-5-3-2-4-10(15)17(24)23-16/h2-7,9,21H,8H2,1H3,(H,22,23,24)/t9-/m1/s1. The van der Waals surface area contributed by atoms with E-state index in [0.717, 1.165) is 0 Å². The molecule has 0 radical (unpaired) electrons. The number of nitrogens with zero attached hydrogens (tertiary/aromatic N) is 1. The highest BCUT2D eigenvalue weighted by atomic mass is 35.5. The van der Waals surface area contributed by atoms with Gasteiger partial charge in [-0.25, -0.2) is 9.37 Å². The van der Waals surface area contributed by atoms with Crippen LogP contribution in [0.25, 0.3) is 10.9 Å². The van der Waals surface area contributed by atoms with Gasteiger partial charge in [0, 0.05) is 11.1 Å². The number of fused-ring (bicyclic) bond motifs is 1. The molecule has 0 aliphatic rings. The van der Waals surface area contributed by atoms with Crippen LogP contribution in [-0.2, 0) is 6.54 Å². The molecule has 2 N–H and O–H groups in total. The molecule has 0 saturated heterocycles. The number of halogens is 3. The molecule has 0 fully saturated rings. The van der Waals surface area contributed by atoms with Crippen molar-refractivity contribution in [3.8, 4) is 0 Å². The van der Waals surface area contributed by atoms with Crippen molar-refractivity contribution in [1.29, 1.82) is 0 Å². The Bertz CT molecular complexity index is 958. The fourth-order valence-corrected chi connectivity index (χ4v) is 2.99. The molecule has 0 aliphatic heterocycles. The molecule has 0 spiro atoms. The molecule has 0 unspecified atom stereocenters. The molecule has 1 heterocycles. The Kier molecular flexibility index (Phi) is 4.85. The van der Waals surface area contributed by atoms with Gasteiger partial charge in [-0.3, -0.25) is 4.79 Å². The first kappa shape index (κ1) is 16.9. The average Bonchev–Trinajstić information content (AvgIpc) is 2.56. The number of para-hydroxylation sites is 1. The van der Waals surface area contributed by atoms with E-state index in [1.54, 1.807) is 18.2 Å². The molecule has 0 saturated carbocycles. The minimum absolute atomic E-state index is 0.0172. The summed E-state index contributed by atoms with van der Waals surface area (Å²) in [6.45, 7) is 2.15. The van der Waals surface area contributed by atoms with Gasteiger partial charge in [0.2, 0.25) is 0 Å². The zero-order chi connectivity index (χ0) is 17.3. The first-order chi connectivity index (χ1) is 11.5. The monoisotopic (exact) mass is 365 g/mol. The molecule has 2 aromatic carbocycles. The number of hydrogen-bond donors (Lipinski definition) is 2. The number of H-pyrrole nitrogens is 1. The highest BCUT2D eigenvalue weighted by molar-refractivity contribution is 6.35. The molecule has 7 heteroatoms. The van der Waals surface area contributed by atoms with Crippen LogP contribution >= 0.6 is 23.2 Å². The Morgan fingerprint density at radius 3 is 2.79 bits per heavy atom. The lowest BCUT2D eigenvalue weighted by Crippen LogP contribution is -2.22. The molecule has 0 amide bonds. The van der Waals surface area contributed by atoms with Gasteiger partial charge in [0.15, 0.2) is 0 Å². The topological polar surface area (TPSA) is 57.8 Å². The van der Waals surface area contributed by atoms with Gasteiger partial charge in [-0.2, -0.15) is 0 Å². The van der Waals surface area contributed by atoms with Gasteiger partial charge in [-0.15, -0.1) is 0 Å². The third-order valence-electron chi connectivity index (χ3n) is 3.74. The third-order valence-corrected chi connectivity index (χ3v) is 4.36. The van der Waals surface area contributed by atoms with Crippen LogP contribution in [0.5, 0.6) is 0 Å². The van der Waals surface area contributed by atoms with Crippen molar-refractivity contribution in [1.82, 2.24) is 15.3 Å². The minimum atomic E-state index is -0.526. The van der Waals surface area contributed by atoms with E-state index < -0.39 is 5.82 Å². The summed E-state index contributed by atoms with van der Waals surface area (Å²) in [5, 5.41) is 4.07. The molecule has 3 rings (SSSR count). The largest absolute Gasteiger partial charge is 0.309 e. The SMILES string of the molecule is C[C@@H](NCc1nc2ccccc2c(=O)[nH]1)c1cc(F)c(Cl)cc1Cl. The predicted octanol–water partition coefficient (Wildman–Crippen LogP) is 4.22. The molecule has 124 valence electrons.